The van der Waals surface area contributed by atoms with Gasteiger partial charge in [-0.05, 0) is 76.0 Å². The van der Waals surface area contributed by atoms with Crippen LogP contribution in [0.4, 0.5) is 0 Å². The summed E-state index contributed by atoms with van der Waals surface area (Å²) >= 11 is 11.2. The lowest BCUT2D eigenvalue weighted by atomic mass is 9.76. The third-order valence-electron chi connectivity index (χ3n) is 9.23. The fraction of sp³-hybridized carbons (Fsp3) is 0.684. The average molecular weight is 735 g/mol. The zero-order valence-corrected chi connectivity index (χ0v) is 33.0. The first kappa shape index (κ1) is 40.9. The number of allylic oxidation sites excluding steroid dienone is 1. The molecule has 268 valence electrons. The molecule has 0 saturated carbocycles. The molecule has 3 rings (SSSR count). The zero-order valence-electron chi connectivity index (χ0n) is 29.7. The number of carbonyl (C=O) groups excluding carboxylic acids is 3. The second-order valence-corrected chi connectivity index (χ2v) is 19.0. The number of thioether (sulfide) groups is 3. The molecule has 2 saturated heterocycles. The number of esters is 1. The Morgan fingerprint density at radius 1 is 1.12 bits per heavy atom. The molecule has 5 atom stereocenters. The van der Waals surface area contributed by atoms with E-state index in [9.17, 15) is 14.4 Å². The molecule has 0 aliphatic carbocycles. The van der Waals surface area contributed by atoms with Crippen LogP contribution in [0, 0.1) is 17.3 Å². The van der Waals surface area contributed by atoms with Crippen molar-refractivity contribution < 1.29 is 19.1 Å². The van der Waals surface area contributed by atoms with Gasteiger partial charge < -0.3 is 15.4 Å². The van der Waals surface area contributed by atoms with Crippen LogP contribution in [0.2, 0.25) is 0 Å². The van der Waals surface area contributed by atoms with Crippen molar-refractivity contribution in [3.8, 4) is 0 Å². The van der Waals surface area contributed by atoms with Gasteiger partial charge in [-0.1, -0.05) is 94.5 Å². The van der Waals surface area contributed by atoms with Crippen molar-refractivity contribution in [1.29, 1.82) is 0 Å². The molecule has 2 aliphatic heterocycles. The van der Waals surface area contributed by atoms with Crippen molar-refractivity contribution >= 4 is 68.7 Å². The predicted molar refractivity (Wildman–Crippen MR) is 211 cm³/mol. The zero-order chi connectivity index (χ0) is 35.1. The highest BCUT2D eigenvalue weighted by Crippen LogP contribution is 2.43. The minimum Gasteiger partial charge on any atom is -0.466 e. The molecule has 0 spiro atoms. The van der Waals surface area contributed by atoms with Crippen LogP contribution in [-0.2, 0) is 19.1 Å². The van der Waals surface area contributed by atoms with Crippen LogP contribution in [0.1, 0.15) is 116 Å². The van der Waals surface area contributed by atoms with Crippen LogP contribution < -0.4 is 10.6 Å². The van der Waals surface area contributed by atoms with Crippen molar-refractivity contribution in [3.05, 3.63) is 48.2 Å². The maximum atomic E-state index is 13.6. The first-order valence-electron chi connectivity index (χ1n) is 17.8. The summed E-state index contributed by atoms with van der Waals surface area (Å²) in [5.41, 5.74) is 1.60. The highest BCUT2D eigenvalue weighted by molar-refractivity contribution is 8.47. The first-order chi connectivity index (χ1) is 22.9. The number of nitrogens with one attached hydrogen (secondary N) is 2. The summed E-state index contributed by atoms with van der Waals surface area (Å²) in [5.74, 6) is 2.34. The first-order valence-corrected chi connectivity index (χ1v) is 21.1. The van der Waals surface area contributed by atoms with Crippen molar-refractivity contribution in [2.24, 2.45) is 17.3 Å². The van der Waals surface area contributed by atoms with Gasteiger partial charge in [-0.15, -0.1) is 11.8 Å². The van der Waals surface area contributed by atoms with E-state index >= 15 is 0 Å². The van der Waals surface area contributed by atoms with Crippen LogP contribution in [0.3, 0.4) is 0 Å². The van der Waals surface area contributed by atoms with Crippen molar-refractivity contribution in [2.45, 2.75) is 128 Å². The van der Waals surface area contributed by atoms with Gasteiger partial charge in [0.2, 0.25) is 5.91 Å². The summed E-state index contributed by atoms with van der Waals surface area (Å²) in [6.45, 7) is 14.3. The Labute approximate surface area is 308 Å². The molecular weight excluding hydrogens is 677 g/mol. The molecule has 2 aliphatic rings. The molecular formula is C38H58N2O4S4. The van der Waals surface area contributed by atoms with E-state index in [1.165, 1.54) is 5.70 Å². The summed E-state index contributed by atoms with van der Waals surface area (Å²) < 4.78 is 6.39. The lowest BCUT2D eigenvalue weighted by Crippen LogP contribution is -2.39. The number of hydrogen-bond donors (Lipinski definition) is 2. The Kier molecular flexibility index (Phi) is 17.9. The second-order valence-electron chi connectivity index (χ2n) is 14.2. The number of carbonyl (C=O) groups is 3. The number of ketones is 1. The second kappa shape index (κ2) is 21.0. The van der Waals surface area contributed by atoms with Gasteiger partial charge in [0, 0.05) is 58.2 Å². The van der Waals surface area contributed by atoms with Crippen LogP contribution in [0.15, 0.2) is 42.6 Å². The summed E-state index contributed by atoms with van der Waals surface area (Å²) in [5, 5.41) is 7.28. The van der Waals surface area contributed by atoms with E-state index in [-0.39, 0.29) is 41.5 Å². The van der Waals surface area contributed by atoms with Gasteiger partial charge >= 0.3 is 5.97 Å². The summed E-state index contributed by atoms with van der Waals surface area (Å²) in [4.78, 5) is 39.4. The topological polar surface area (TPSA) is 84.5 Å². The smallest absolute Gasteiger partial charge is 0.305 e. The number of ether oxygens (including phenoxy) is 1. The molecule has 0 radical (unpaired) electrons. The minimum atomic E-state index is -0.705. The molecule has 1 amide bonds. The number of hydrogen-bond acceptors (Lipinski definition) is 9. The van der Waals surface area contributed by atoms with Crippen molar-refractivity contribution in [3.63, 3.8) is 0 Å². The molecule has 2 heterocycles. The molecule has 2 N–H and O–H groups in total. The monoisotopic (exact) mass is 734 g/mol. The molecule has 48 heavy (non-hydrogen) atoms. The standard InChI is InChI=1S/C38H58N2O4S4/c1-7-8-21-46-37(45)48-33(28-15-10-9-11-16-28)23-29(36(43)39-26(2)3)24-38(5,6)34(41)18-14-20-44-35(42)19-13-12-17-32-30-22-27(4)40-31(30)25-47-32/h9-11,15-16,26,29-33,40H,4,7-8,12-14,17-25H2,1-3,5-6H3,(H,39,43)/t29?,30-,31-,32-,33?/m0/s1. The lowest BCUT2D eigenvalue weighted by Gasteiger charge is -2.31. The normalized spacial score (nSPS) is 20.2. The Bertz CT molecular complexity index is 1210. The van der Waals surface area contributed by atoms with E-state index in [0.29, 0.717) is 49.3 Å². The number of thiocarbonyl (C=S) groups is 1. The number of fused-ring (bicyclic) bond motifs is 1. The van der Waals surface area contributed by atoms with Gasteiger partial charge in [-0.25, -0.2) is 0 Å². The van der Waals surface area contributed by atoms with Crippen LogP contribution in [0.25, 0.3) is 0 Å². The van der Waals surface area contributed by atoms with E-state index < -0.39 is 5.41 Å². The Morgan fingerprint density at radius 2 is 1.88 bits per heavy atom. The molecule has 1 aromatic rings. The third-order valence-corrected chi connectivity index (χ3v) is 13.7. The number of unbranched alkanes of at least 4 members (excludes halogenated alkanes) is 2. The van der Waals surface area contributed by atoms with E-state index in [0.717, 1.165) is 59.1 Å². The minimum absolute atomic E-state index is 0.000950. The molecule has 10 heteroatoms. The molecule has 1 aromatic carbocycles. The highest BCUT2D eigenvalue weighted by atomic mass is 32.2. The van der Waals surface area contributed by atoms with Gasteiger partial charge in [-0.3, -0.25) is 14.4 Å². The fourth-order valence-corrected chi connectivity index (χ4v) is 11.1. The number of amides is 1. The fourth-order valence-electron chi connectivity index (χ4n) is 6.55. The third kappa shape index (κ3) is 14.0. The molecule has 2 unspecified atom stereocenters. The predicted octanol–water partition coefficient (Wildman–Crippen LogP) is 9.29. The number of benzene rings is 1. The van der Waals surface area contributed by atoms with Crippen LogP contribution >= 0.6 is 47.5 Å². The van der Waals surface area contributed by atoms with Gasteiger partial charge in [-0.2, -0.15) is 11.8 Å². The molecule has 0 bridgehead atoms. The molecule has 0 aromatic heterocycles. The maximum Gasteiger partial charge on any atom is 0.305 e. The van der Waals surface area contributed by atoms with Crippen molar-refractivity contribution in [1.82, 2.24) is 10.6 Å². The van der Waals surface area contributed by atoms with Crippen molar-refractivity contribution in [2.75, 3.05) is 18.1 Å². The van der Waals surface area contributed by atoms with Gasteiger partial charge in [0.05, 0.1) is 6.61 Å². The van der Waals surface area contributed by atoms with Crippen LogP contribution in [-0.4, -0.2) is 56.6 Å². The Hall–Kier alpha value is -1.49. The lowest BCUT2D eigenvalue weighted by molar-refractivity contribution is -0.144. The van der Waals surface area contributed by atoms with Gasteiger partial charge in [0.25, 0.3) is 0 Å². The summed E-state index contributed by atoms with van der Waals surface area (Å²) in [6, 6.07) is 10.8. The van der Waals surface area contributed by atoms with Crippen LogP contribution in [0.5, 0.6) is 0 Å². The summed E-state index contributed by atoms with van der Waals surface area (Å²) in [7, 11) is 0. The quantitative estimate of drug-likeness (QED) is 0.0730. The Balaban J connectivity index is 1.47. The molecule has 2 fully saturated rings. The van der Waals surface area contributed by atoms with E-state index in [1.807, 2.05) is 57.7 Å². The Morgan fingerprint density at radius 3 is 2.58 bits per heavy atom. The largest absolute Gasteiger partial charge is 0.466 e. The van der Waals surface area contributed by atoms with Gasteiger partial charge in [0.1, 0.15) is 9.31 Å². The average Bonchev–Trinajstić information content (AvgIpc) is 3.59. The van der Waals surface area contributed by atoms with E-state index in [2.05, 4.69) is 36.3 Å². The van der Waals surface area contributed by atoms with E-state index in [4.69, 9.17) is 17.0 Å². The molecule has 6 nitrogen and oxygen atoms in total. The number of Topliss-reactive ketones (excluding diaryl/α,β-unsaturated/α-hetero) is 1. The SMILES string of the molecule is C=C1C[C@H]2[C@H](CS[C@H]2CCCCC(=O)OCCCC(=O)C(C)(C)CC(CC(SC(=S)SCCCC)c2ccccc2)C(=O)NC(C)C)N1. The van der Waals surface area contributed by atoms with Gasteiger partial charge in [0.15, 0.2) is 0 Å². The van der Waals surface area contributed by atoms with E-state index in [1.54, 1.807) is 23.5 Å². The number of rotatable bonds is 21. The summed E-state index contributed by atoms with van der Waals surface area (Å²) in [6.07, 6.45) is 8.55. The highest BCUT2D eigenvalue weighted by Gasteiger charge is 2.40. The maximum absolute atomic E-state index is 13.6.